The van der Waals surface area contributed by atoms with E-state index in [-0.39, 0.29) is 0 Å². The highest BCUT2D eigenvalue weighted by molar-refractivity contribution is 6.31. The lowest BCUT2D eigenvalue weighted by atomic mass is 10.0. The second-order valence-corrected chi connectivity index (χ2v) is 6.84. The molecule has 0 aliphatic carbocycles. The Kier molecular flexibility index (Phi) is 5.12. The average Bonchev–Trinajstić information content (AvgIpc) is 2.84. The first-order valence-electron chi connectivity index (χ1n) is 7.35. The Morgan fingerprint density at radius 3 is 2.86 bits per heavy atom. The lowest BCUT2D eigenvalue weighted by molar-refractivity contribution is 0.0636. The molecule has 116 valence electrons. The van der Waals surface area contributed by atoms with Crippen molar-refractivity contribution in [3.63, 3.8) is 0 Å². The van der Waals surface area contributed by atoms with E-state index in [0.717, 1.165) is 23.6 Å². The molecule has 1 aliphatic rings. The topological polar surface area (TPSA) is 50.4 Å². The molecule has 1 aromatic carbocycles. The summed E-state index contributed by atoms with van der Waals surface area (Å²) in [4.78, 5) is 11.8. The SMILES string of the molecule is CC(C)(C)OC(=O)Nc1ccc(Cl)c(CC2CCCN2)c1. The molecule has 1 fully saturated rings. The van der Waals surface area contributed by atoms with Gasteiger partial charge in [0.2, 0.25) is 0 Å². The van der Waals surface area contributed by atoms with Crippen LogP contribution in [0.4, 0.5) is 10.5 Å². The van der Waals surface area contributed by atoms with Crippen LogP contribution in [-0.4, -0.2) is 24.3 Å². The van der Waals surface area contributed by atoms with Gasteiger partial charge in [0.05, 0.1) is 0 Å². The van der Waals surface area contributed by atoms with Gasteiger partial charge in [0, 0.05) is 16.8 Å². The molecule has 1 aliphatic heterocycles. The number of hydrogen-bond acceptors (Lipinski definition) is 3. The van der Waals surface area contributed by atoms with Crippen LogP contribution >= 0.6 is 11.6 Å². The molecule has 0 aromatic heterocycles. The summed E-state index contributed by atoms with van der Waals surface area (Å²) in [6.07, 6.45) is 2.80. The van der Waals surface area contributed by atoms with E-state index in [1.54, 1.807) is 6.07 Å². The molecule has 21 heavy (non-hydrogen) atoms. The molecule has 1 atom stereocenters. The smallest absolute Gasteiger partial charge is 0.412 e. The predicted molar refractivity (Wildman–Crippen MR) is 86.0 cm³/mol. The molecule has 1 heterocycles. The van der Waals surface area contributed by atoms with Gasteiger partial charge >= 0.3 is 6.09 Å². The Hall–Kier alpha value is -1.26. The van der Waals surface area contributed by atoms with Crippen LogP contribution in [0, 0.1) is 0 Å². The fourth-order valence-electron chi connectivity index (χ4n) is 2.43. The second kappa shape index (κ2) is 6.67. The number of halogens is 1. The maximum Gasteiger partial charge on any atom is 0.412 e. The van der Waals surface area contributed by atoms with E-state index in [2.05, 4.69) is 10.6 Å². The van der Waals surface area contributed by atoms with E-state index >= 15 is 0 Å². The number of rotatable bonds is 3. The largest absolute Gasteiger partial charge is 0.444 e. The van der Waals surface area contributed by atoms with Gasteiger partial charge in [-0.3, -0.25) is 5.32 Å². The molecule has 2 rings (SSSR count). The molecule has 1 amide bonds. The first kappa shape index (κ1) is 16.1. The Balaban J connectivity index is 2.02. The molecule has 2 N–H and O–H groups in total. The molecule has 0 radical (unpaired) electrons. The quantitative estimate of drug-likeness (QED) is 0.887. The van der Waals surface area contributed by atoms with Gasteiger partial charge in [0.15, 0.2) is 0 Å². The summed E-state index contributed by atoms with van der Waals surface area (Å²) in [5, 5.41) is 6.94. The van der Waals surface area contributed by atoms with Gasteiger partial charge < -0.3 is 10.1 Å². The lowest BCUT2D eigenvalue weighted by Crippen LogP contribution is -2.27. The number of carbonyl (C=O) groups excluding carboxylic acids is 1. The minimum atomic E-state index is -0.507. The van der Waals surface area contributed by atoms with Crippen LogP contribution in [0.1, 0.15) is 39.2 Å². The third kappa shape index (κ3) is 5.21. The van der Waals surface area contributed by atoms with Gasteiger partial charge in [-0.2, -0.15) is 0 Å². The van der Waals surface area contributed by atoms with E-state index in [4.69, 9.17) is 16.3 Å². The highest BCUT2D eigenvalue weighted by Gasteiger charge is 2.18. The highest BCUT2D eigenvalue weighted by atomic mass is 35.5. The van der Waals surface area contributed by atoms with Crippen molar-refractivity contribution in [2.45, 2.75) is 51.7 Å². The van der Waals surface area contributed by atoms with E-state index in [1.807, 2.05) is 32.9 Å². The van der Waals surface area contributed by atoms with Crippen LogP contribution in [0.5, 0.6) is 0 Å². The minimum absolute atomic E-state index is 0.449. The third-order valence-corrected chi connectivity index (χ3v) is 3.69. The molecule has 1 aromatic rings. The van der Waals surface area contributed by atoms with Crippen molar-refractivity contribution < 1.29 is 9.53 Å². The first-order chi connectivity index (χ1) is 9.83. The van der Waals surface area contributed by atoms with Crippen LogP contribution in [0.3, 0.4) is 0 Å². The van der Waals surface area contributed by atoms with Crippen molar-refractivity contribution in [1.82, 2.24) is 5.32 Å². The van der Waals surface area contributed by atoms with Crippen LogP contribution < -0.4 is 10.6 Å². The van der Waals surface area contributed by atoms with Gasteiger partial charge in [-0.25, -0.2) is 4.79 Å². The van der Waals surface area contributed by atoms with E-state index < -0.39 is 11.7 Å². The Morgan fingerprint density at radius 1 is 1.48 bits per heavy atom. The lowest BCUT2D eigenvalue weighted by Gasteiger charge is -2.20. The Morgan fingerprint density at radius 2 is 2.24 bits per heavy atom. The van der Waals surface area contributed by atoms with Crippen LogP contribution in [0.2, 0.25) is 5.02 Å². The number of hydrogen-bond donors (Lipinski definition) is 2. The molecule has 4 nitrogen and oxygen atoms in total. The number of ether oxygens (including phenoxy) is 1. The number of anilines is 1. The summed E-state index contributed by atoms with van der Waals surface area (Å²) in [7, 11) is 0. The molecular weight excluding hydrogens is 288 g/mol. The number of amides is 1. The van der Waals surface area contributed by atoms with Crippen LogP contribution in [0.25, 0.3) is 0 Å². The normalized spacial score (nSPS) is 18.6. The summed E-state index contributed by atoms with van der Waals surface area (Å²) in [5.74, 6) is 0. The number of nitrogens with one attached hydrogen (secondary N) is 2. The summed E-state index contributed by atoms with van der Waals surface area (Å²) in [6, 6.07) is 6.00. The summed E-state index contributed by atoms with van der Waals surface area (Å²) in [6.45, 7) is 6.58. The minimum Gasteiger partial charge on any atom is -0.444 e. The Labute approximate surface area is 131 Å². The fraction of sp³-hybridized carbons (Fsp3) is 0.562. The summed E-state index contributed by atoms with van der Waals surface area (Å²) in [5.41, 5.74) is 1.25. The molecular formula is C16H23ClN2O2. The van der Waals surface area contributed by atoms with Crippen molar-refractivity contribution >= 4 is 23.4 Å². The summed E-state index contributed by atoms with van der Waals surface area (Å²) < 4.78 is 5.25. The standard InChI is InChI=1S/C16H23ClN2O2/c1-16(2,3)21-15(20)19-13-6-7-14(17)11(10-13)9-12-5-4-8-18-12/h6-7,10,12,18H,4-5,8-9H2,1-3H3,(H,19,20). The fourth-order valence-corrected chi connectivity index (χ4v) is 2.62. The maximum absolute atomic E-state index is 11.8. The zero-order chi connectivity index (χ0) is 15.5. The van der Waals surface area contributed by atoms with Crippen LogP contribution in [-0.2, 0) is 11.2 Å². The zero-order valence-corrected chi connectivity index (χ0v) is 13.6. The van der Waals surface area contributed by atoms with Crippen molar-refractivity contribution in [2.75, 3.05) is 11.9 Å². The highest BCUT2D eigenvalue weighted by Crippen LogP contribution is 2.24. The molecule has 5 heteroatoms. The van der Waals surface area contributed by atoms with Crippen molar-refractivity contribution in [3.05, 3.63) is 28.8 Å². The maximum atomic E-state index is 11.8. The van der Waals surface area contributed by atoms with Crippen molar-refractivity contribution in [3.8, 4) is 0 Å². The predicted octanol–water partition coefficient (Wildman–Crippen LogP) is 3.98. The average molecular weight is 311 g/mol. The third-order valence-electron chi connectivity index (χ3n) is 3.32. The summed E-state index contributed by atoms with van der Waals surface area (Å²) >= 11 is 6.25. The van der Waals surface area contributed by atoms with Gasteiger partial charge in [-0.05, 0) is 70.3 Å². The van der Waals surface area contributed by atoms with E-state index in [9.17, 15) is 4.79 Å². The molecule has 1 saturated heterocycles. The Bertz CT molecular complexity index is 505. The van der Waals surface area contributed by atoms with Crippen molar-refractivity contribution in [2.24, 2.45) is 0 Å². The van der Waals surface area contributed by atoms with Crippen molar-refractivity contribution in [1.29, 1.82) is 0 Å². The molecule has 1 unspecified atom stereocenters. The first-order valence-corrected chi connectivity index (χ1v) is 7.73. The van der Waals surface area contributed by atoms with E-state index in [0.29, 0.717) is 11.7 Å². The van der Waals surface area contributed by atoms with Gasteiger partial charge in [0.25, 0.3) is 0 Å². The number of benzene rings is 1. The van der Waals surface area contributed by atoms with Gasteiger partial charge in [-0.1, -0.05) is 11.6 Å². The van der Waals surface area contributed by atoms with Gasteiger partial charge in [-0.15, -0.1) is 0 Å². The second-order valence-electron chi connectivity index (χ2n) is 6.43. The molecule has 0 saturated carbocycles. The van der Waals surface area contributed by atoms with Gasteiger partial charge in [0.1, 0.15) is 5.60 Å². The van der Waals surface area contributed by atoms with Crippen LogP contribution in [0.15, 0.2) is 18.2 Å². The molecule has 0 bridgehead atoms. The number of carbonyl (C=O) groups is 1. The molecule has 0 spiro atoms. The monoisotopic (exact) mass is 310 g/mol. The zero-order valence-electron chi connectivity index (χ0n) is 12.8. The van der Waals surface area contributed by atoms with E-state index in [1.165, 1.54) is 12.8 Å².